The number of β-amino-alcohol motifs (C(OH)–C–C–N with tert-alkyl or cyclic N) is 1. The highest BCUT2D eigenvalue weighted by molar-refractivity contribution is 5.79. The van der Waals surface area contributed by atoms with Crippen LogP contribution in [0.2, 0.25) is 0 Å². The first-order valence-electron chi connectivity index (χ1n) is 7.26. The van der Waals surface area contributed by atoms with Crippen molar-refractivity contribution in [3.63, 3.8) is 0 Å². The highest BCUT2D eigenvalue weighted by atomic mass is 16.3. The molecule has 1 heterocycles. The topological polar surface area (TPSA) is 76.4 Å². The van der Waals surface area contributed by atoms with Crippen molar-refractivity contribution in [2.45, 2.75) is 56.6 Å². The van der Waals surface area contributed by atoms with Crippen LogP contribution in [0.4, 0.5) is 0 Å². The van der Waals surface area contributed by atoms with E-state index in [1.54, 1.807) is 0 Å². The van der Waals surface area contributed by atoms with Crippen LogP contribution >= 0.6 is 0 Å². The normalized spacial score (nSPS) is 27.5. The number of nitriles is 1. The molecule has 19 heavy (non-hydrogen) atoms. The maximum absolute atomic E-state index is 12.1. The van der Waals surface area contributed by atoms with Crippen LogP contribution < -0.4 is 5.32 Å². The average Bonchev–Trinajstić information content (AvgIpc) is 2.39. The van der Waals surface area contributed by atoms with Crippen LogP contribution in [0.1, 0.15) is 44.9 Å². The van der Waals surface area contributed by atoms with Crippen molar-refractivity contribution >= 4 is 5.91 Å². The third-order valence-electron chi connectivity index (χ3n) is 4.15. The number of amides is 1. The number of likely N-dealkylation sites (tertiary alicyclic amines) is 1. The molecule has 0 radical (unpaired) electrons. The highest BCUT2D eigenvalue weighted by Gasteiger charge is 2.34. The number of aliphatic hydroxyl groups is 1. The van der Waals surface area contributed by atoms with Crippen molar-refractivity contribution in [1.29, 1.82) is 5.26 Å². The molecule has 2 N–H and O–H groups in total. The van der Waals surface area contributed by atoms with E-state index in [0.717, 1.165) is 51.5 Å². The van der Waals surface area contributed by atoms with Gasteiger partial charge in [-0.2, -0.15) is 5.26 Å². The molecule has 1 aliphatic heterocycles. The summed E-state index contributed by atoms with van der Waals surface area (Å²) in [5, 5.41) is 21.8. The summed E-state index contributed by atoms with van der Waals surface area (Å²) >= 11 is 0. The second-order valence-corrected chi connectivity index (χ2v) is 5.83. The van der Waals surface area contributed by atoms with E-state index in [1.165, 1.54) is 0 Å². The zero-order valence-corrected chi connectivity index (χ0v) is 11.4. The summed E-state index contributed by atoms with van der Waals surface area (Å²) in [6, 6.07) is 2.29. The number of piperidine rings is 1. The fraction of sp³-hybridized carbons (Fsp3) is 0.857. The third-order valence-corrected chi connectivity index (χ3v) is 4.15. The standard InChI is InChI=1S/C14H23N3O2/c15-11-14(6-2-1-3-7-14)16-13(19)10-17-8-4-5-12(18)9-17/h12,18H,1-10H2,(H,16,19)/t12-/m1/s1. The average molecular weight is 265 g/mol. The third kappa shape index (κ3) is 3.92. The van der Waals surface area contributed by atoms with E-state index in [2.05, 4.69) is 11.4 Å². The van der Waals surface area contributed by atoms with Crippen molar-refractivity contribution in [3.8, 4) is 6.07 Å². The van der Waals surface area contributed by atoms with E-state index >= 15 is 0 Å². The molecule has 2 rings (SSSR count). The Kier molecular flexibility index (Phi) is 4.78. The van der Waals surface area contributed by atoms with Gasteiger partial charge in [0, 0.05) is 6.54 Å². The number of hydrogen-bond acceptors (Lipinski definition) is 4. The van der Waals surface area contributed by atoms with Gasteiger partial charge in [0.25, 0.3) is 0 Å². The Balaban J connectivity index is 1.84. The molecule has 1 amide bonds. The van der Waals surface area contributed by atoms with Crippen molar-refractivity contribution in [1.82, 2.24) is 10.2 Å². The molecule has 0 spiro atoms. The van der Waals surface area contributed by atoms with Crippen LogP contribution in [-0.2, 0) is 4.79 Å². The Bertz CT molecular complexity index is 358. The van der Waals surface area contributed by atoms with Gasteiger partial charge in [-0.15, -0.1) is 0 Å². The molecule has 5 heteroatoms. The van der Waals surface area contributed by atoms with E-state index in [9.17, 15) is 15.2 Å². The lowest BCUT2D eigenvalue weighted by Gasteiger charge is -2.34. The van der Waals surface area contributed by atoms with Crippen molar-refractivity contribution in [3.05, 3.63) is 0 Å². The van der Waals surface area contributed by atoms with Crippen LogP contribution in [-0.4, -0.2) is 47.2 Å². The minimum atomic E-state index is -0.649. The molecular formula is C14H23N3O2. The van der Waals surface area contributed by atoms with Gasteiger partial charge in [0.1, 0.15) is 5.54 Å². The molecule has 106 valence electrons. The van der Waals surface area contributed by atoms with E-state index < -0.39 is 5.54 Å². The van der Waals surface area contributed by atoms with Crippen LogP contribution in [0.5, 0.6) is 0 Å². The Labute approximate surface area is 114 Å². The molecule has 0 unspecified atom stereocenters. The van der Waals surface area contributed by atoms with Gasteiger partial charge < -0.3 is 10.4 Å². The number of nitrogens with one attached hydrogen (secondary N) is 1. The first-order chi connectivity index (χ1) is 9.13. The Morgan fingerprint density at radius 3 is 2.74 bits per heavy atom. The summed E-state index contributed by atoms with van der Waals surface area (Å²) in [5.41, 5.74) is -0.649. The van der Waals surface area contributed by atoms with Gasteiger partial charge in [0.05, 0.1) is 18.7 Å². The van der Waals surface area contributed by atoms with Crippen LogP contribution in [0.25, 0.3) is 0 Å². The molecule has 2 aliphatic rings. The lowest BCUT2D eigenvalue weighted by molar-refractivity contribution is -0.124. The SMILES string of the molecule is N#CC1(NC(=O)CN2CCC[C@@H](O)C2)CCCCC1. The number of carbonyl (C=O) groups is 1. The van der Waals surface area contributed by atoms with Crippen LogP contribution in [0.15, 0.2) is 0 Å². The summed E-state index contributed by atoms with van der Waals surface area (Å²) in [6.45, 7) is 1.71. The predicted molar refractivity (Wildman–Crippen MR) is 71.3 cm³/mol. The first-order valence-corrected chi connectivity index (χ1v) is 7.26. The summed E-state index contributed by atoms with van der Waals surface area (Å²) < 4.78 is 0. The Morgan fingerprint density at radius 1 is 1.37 bits per heavy atom. The minimum Gasteiger partial charge on any atom is -0.392 e. The van der Waals surface area contributed by atoms with Gasteiger partial charge in [-0.3, -0.25) is 9.69 Å². The van der Waals surface area contributed by atoms with Crippen molar-refractivity contribution in [2.75, 3.05) is 19.6 Å². The zero-order chi connectivity index (χ0) is 13.7. The molecule has 5 nitrogen and oxygen atoms in total. The van der Waals surface area contributed by atoms with E-state index in [4.69, 9.17) is 0 Å². The fourth-order valence-corrected chi connectivity index (χ4v) is 3.10. The molecular weight excluding hydrogens is 242 g/mol. The van der Waals surface area contributed by atoms with E-state index in [1.807, 2.05) is 4.90 Å². The van der Waals surface area contributed by atoms with Crippen LogP contribution in [0.3, 0.4) is 0 Å². The number of hydrogen-bond donors (Lipinski definition) is 2. The quantitative estimate of drug-likeness (QED) is 0.791. The molecule has 0 aromatic rings. The maximum atomic E-state index is 12.1. The second-order valence-electron chi connectivity index (χ2n) is 5.83. The van der Waals surface area contributed by atoms with Crippen molar-refractivity contribution < 1.29 is 9.90 Å². The van der Waals surface area contributed by atoms with Gasteiger partial charge >= 0.3 is 0 Å². The summed E-state index contributed by atoms with van der Waals surface area (Å²) in [4.78, 5) is 14.0. The molecule has 2 fully saturated rings. The van der Waals surface area contributed by atoms with Gasteiger partial charge in [0.15, 0.2) is 0 Å². The molecule has 0 bridgehead atoms. The van der Waals surface area contributed by atoms with Gasteiger partial charge in [-0.1, -0.05) is 19.3 Å². The lowest BCUT2D eigenvalue weighted by Crippen LogP contribution is -2.52. The molecule has 1 saturated carbocycles. The van der Waals surface area contributed by atoms with Gasteiger partial charge in [-0.05, 0) is 32.2 Å². The summed E-state index contributed by atoms with van der Waals surface area (Å²) in [7, 11) is 0. The monoisotopic (exact) mass is 265 g/mol. The number of rotatable bonds is 3. The largest absolute Gasteiger partial charge is 0.392 e. The summed E-state index contributed by atoms with van der Waals surface area (Å²) in [6.07, 6.45) is 6.12. The fourth-order valence-electron chi connectivity index (χ4n) is 3.10. The summed E-state index contributed by atoms with van der Waals surface area (Å²) in [5.74, 6) is -0.0856. The van der Waals surface area contributed by atoms with E-state index in [-0.39, 0.29) is 12.0 Å². The first kappa shape index (κ1) is 14.3. The molecule has 1 saturated heterocycles. The smallest absolute Gasteiger partial charge is 0.235 e. The maximum Gasteiger partial charge on any atom is 0.235 e. The number of nitrogens with zero attached hydrogens (tertiary/aromatic N) is 2. The highest BCUT2D eigenvalue weighted by Crippen LogP contribution is 2.27. The predicted octanol–water partition coefficient (Wildman–Crippen LogP) is 0.786. The van der Waals surface area contributed by atoms with Gasteiger partial charge in [-0.25, -0.2) is 0 Å². The Morgan fingerprint density at radius 2 is 2.11 bits per heavy atom. The molecule has 1 aliphatic carbocycles. The van der Waals surface area contributed by atoms with E-state index in [0.29, 0.717) is 13.1 Å². The van der Waals surface area contributed by atoms with Crippen molar-refractivity contribution in [2.24, 2.45) is 0 Å². The number of aliphatic hydroxyl groups excluding tert-OH is 1. The second kappa shape index (κ2) is 6.36. The minimum absolute atomic E-state index is 0.0856. The molecule has 0 aromatic carbocycles. The molecule has 0 aromatic heterocycles. The van der Waals surface area contributed by atoms with Gasteiger partial charge in [0.2, 0.25) is 5.91 Å². The zero-order valence-electron chi connectivity index (χ0n) is 11.4. The Hall–Kier alpha value is -1.12. The van der Waals surface area contributed by atoms with Crippen LogP contribution in [0, 0.1) is 11.3 Å². The lowest BCUT2D eigenvalue weighted by atomic mass is 9.83. The number of carbonyl (C=O) groups excluding carboxylic acids is 1. The molecule has 1 atom stereocenters.